The minimum absolute atomic E-state index is 0.318. The highest BCUT2D eigenvalue weighted by atomic mass is 16.5. The van der Waals surface area contributed by atoms with Gasteiger partial charge in [-0.15, -0.1) is 0 Å². The average Bonchev–Trinajstić information content (AvgIpc) is 2.23. The Morgan fingerprint density at radius 1 is 1.31 bits per heavy atom. The molecule has 0 aromatic heterocycles. The van der Waals surface area contributed by atoms with Crippen LogP contribution in [0.4, 0.5) is 0 Å². The molecule has 0 radical (unpaired) electrons. The molecular weight excluding hydrogens is 204 g/mol. The van der Waals surface area contributed by atoms with Gasteiger partial charge in [-0.3, -0.25) is 4.90 Å². The summed E-state index contributed by atoms with van der Waals surface area (Å²) in [5, 5.41) is 13.1. The van der Waals surface area contributed by atoms with Crippen molar-refractivity contribution in [2.75, 3.05) is 33.4 Å². The van der Waals surface area contributed by atoms with Crippen LogP contribution in [0.5, 0.6) is 0 Å². The summed E-state index contributed by atoms with van der Waals surface area (Å²) < 4.78 is 5.13. The molecule has 98 valence electrons. The molecule has 0 fully saturated rings. The maximum Gasteiger partial charge on any atom is 0.0791 e. The number of nitrogens with one attached hydrogen (secondary N) is 1. The Labute approximate surface area is 100.0 Å². The maximum absolute atomic E-state index is 9.87. The molecule has 0 saturated carbocycles. The molecule has 0 bridgehead atoms. The molecule has 0 aromatic carbocycles. The van der Waals surface area contributed by atoms with Gasteiger partial charge in [-0.25, -0.2) is 0 Å². The van der Waals surface area contributed by atoms with Gasteiger partial charge in [0.1, 0.15) is 0 Å². The molecule has 4 heteroatoms. The summed E-state index contributed by atoms with van der Waals surface area (Å²) in [5.41, 5.74) is 0. The quantitative estimate of drug-likeness (QED) is 0.614. The van der Waals surface area contributed by atoms with Gasteiger partial charge in [-0.1, -0.05) is 20.8 Å². The summed E-state index contributed by atoms with van der Waals surface area (Å²) in [5.74, 6) is 0. The fraction of sp³-hybridized carbons (Fsp3) is 1.00. The Kier molecular flexibility index (Phi) is 8.84. The molecule has 0 heterocycles. The third kappa shape index (κ3) is 7.17. The van der Waals surface area contributed by atoms with Crippen LogP contribution in [0.2, 0.25) is 0 Å². The molecule has 2 unspecified atom stereocenters. The fourth-order valence-electron chi connectivity index (χ4n) is 1.67. The zero-order chi connectivity index (χ0) is 12.6. The van der Waals surface area contributed by atoms with Gasteiger partial charge in [-0.05, 0) is 13.5 Å². The number of ether oxygens (including phenoxy) is 1. The lowest BCUT2D eigenvalue weighted by atomic mass is 10.2. The predicted octanol–water partition coefficient (Wildman–Crippen LogP) is 0.702. The molecule has 0 amide bonds. The molecule has 0 aliphatic carbocycles. The van der Waals surface area contributed by atoms with Gasteiger partial charge < -0.3 is 15.2 Å². The Morgan fingerprint density at radius 3 is 2.38 bits per heavy atom. The topological polar surface area (TPSA) is 44.7 Å². The van der Waals surface area contributed by atoms with Gasteiger partial charge in [0, 0.05) is 32.3 Å². The van der Waals surface area contributed by atoms with E-state index < -0.39 is 0 Å². The minimum atomic E-state index is -0.318. The highest BCUT2D eigenvalue weighted by molar-refractivity contribution is 4.71. The number of methoxy groups -OCH3 is 1. The molecule has 0 aromatic rings. The van der Waals surface area contributed by atoms with E-state index in [4.69, 9.17) is 4.74 Å². The van der Waals surface area contributed by atoms with Crippen molar-refractivity contribution in [3.63, 3.8) is 0 Å². The van der Waals surface area contributed by atoms with Crippen molar-refractivity contribution in [2.24, 2.45) is 0 Å². The van der Waals surface area contributed by atoms with Crippen LogP contribution < -0.4 is 5.32 Å². The molecule has 16 heavy (non-hydrogen) atoms. The number of rotatable bonds is 9. The van der Waals surface area contributed by atoms with Crippen LogP contribution >= 0.6 is 0 Å². The highest BCUT2D eigenvalue weighted by Crippen LogP contribution is 2.01. The van der Waals surface area contributed by atoms with Gasteiger partial charge >= 0.3 is 0 Å². The second-order valence-electron chi connectivity index (χ2n) is 4.61. The smallest absolute Gasteiger partial charge is 0.0791 e. The van der Waals surface area contributed by atoms with Gasteiger partial charge in [0.15, 0.2) is 0 Å². The molecule has 0 aliphatic heterocycles. The molecule has 0 saturated heterocycles. The summed E-state index contributed by atoms with van der Waals surface area (Å²) in [6, 6.07) is 0.768. The third-order valence-corrected chi connectivity index (χ3v) is 2.64. The summed E-state index contributed by atoms with van der Waals surface area (Å²) in [6.07, 6.45) is -0.318. The van der Waals surface area contributed by atoms with Crippen LogP contribution in [-0.4, -0.2) is 61.5 Å². The van der Waals surface area contributed by atoms with Crippen LogP contribution in [0.3, 0.4) is 0 Å². The number of nitrogens with zero attached hydrogens (tertiary/aromatic N) is 1. The Hall–Kier alpha value is -0.160. The second-order valence-corrected chi connectivity index (χ2v) is 4.61. The van der Waals surface area contributed by atoms with Gasteiger partial charge in [0.05, 0.1) is 12.7 Å². The van der Waals surface area contributed by atoms with Crippen LogP contribution in [0.15, 0.2) is 0 Å². The van der Waals surface area contributed by atoms with Crippen LogP contribution in [0.25, 0.3) is 0 Å². The van der Waals surface area contributed by atoms with Crippen molar-refractivity contribution in [1.82, 2.24) is 10.2 Å². The van der Waals surface area contributed by atoms with Crippen molar-refractivity contribution in [1.29, 1.82) is 0 Å². The second kappa shape index (κ2) is 8.93. The number of hydrogen-bond acceptors (Lipinski definition) is 4. The van der Waals surface area contributed by atoms with Gasteiger partial charge in [-0.2, -0.15) is 0 Å². The summed E-state index contributed by atoms with van der Waals surface area (Å²) >= 11 is 0. The SMILES string of the molecule is CCN(CC(O)CNC(C)C)C(C)COC. The van der Waals surface area contributed by atoms with Gasteiger partial charge in [0.25, 0.3) is 0 Å². The van der Waals surface area contributed by atoms with E-state index in [0.29, 0.717) is 31.8 Å². The van der Waals surface area contributed by atoms with Crippen LogP contribution in [-0.2, 0) is 4.74 Å². The van der Waals surface area contributed by atoms with Crippen molar-refractivity contribution in [2.45, 2.75) is 45.9 Å². The first kappa shape index (κ1) is 15.8. The Morgan fingerprint density at radius 2 is 1.94 bits per heavy atom. The van der Waals surface area contributed by atoms with E-state index in [-0.39, 0.29) is 6.10 Å². The molecule has 0 rings (SSSR count). The van der Waals surface area contributed by atoms with Crippen molar-refractivity contribution >= 4 is 0 Å². The molecule has 0 spiro atoms. The van der Waals surface area contributed by atoms with E-state index in [1.165, 1.54) is 0 Å². The standard InChI is InChI=1S/C12H28N2O2/c1-6-14(11(4)9-16-5)8-12(15)7-13-10(2)3/h10-13,15H,6-9H2,1-5H3. The largest absolute Gasteiger partial charge is 0.390 e. The molecule has 0 aliphatic rings. The zero-order valence-corrected chi connectivity index (χ0v) is 11.4. The van der Waals surface area contributed by atoms with Crippen molar-refractivity contribution < 1.29 is 9.84 Å². The molecule has 2 atom stereocenters. The summed E-state index contributed by atoms with van der Waals surface area (Å²) in [7, 11) is 1.71. The Bertz CT molecular complexity index is 165. The maximum atomic E-state index is 9.87. The van der Waals surface area contributed by atoms with Crippen LogP contribution in [0, 0.1) is 0 Å². The number of hydrogen-bond donors (Lipinski definition) is 2. The van der Waals surface area contributed by atoms with Crippen molar-refractivity contribution in [3.8, 4) is 0 Å². The van der Waals surface area contributed by atoms with E-state index in [9.17, 15) is 5.11 Å². The number of likely N-dealkylation sites (N-methyl/N-ethyl adjacent to an activating group) is 1. The van der Waals surface area contributed by atoms with E-state index in [0.717, 1.165) is 6.54 Å². The summed E-state index contributed by atoms with van der Waals surface area (Å²) in [4.78, 5) is 2.23. The first-order valence-corrected chi connectivity index (χ1v) is 6.15. The molecule has 2 N–H and O–H groups in total. The monoisotopic (exact) mass is 232 g/mol. The number of aliphatic hydroxyl groups excluding tert-OH is 1. The summed E-state index contributed by atoms with van der Waals surface area (Å²) in [6.45, 7) is 11.4. The zero-order valence-electron chi connectivity index (χ0n) is 11.4. The highest BCUT2D eigenvalue weighted by Gasteiger charge is 2.15. The first-order chi connectivity index (χ1) is 7.51. The molecular formula is C12H28N2O2. The predicted molar refractivity (Wildman–Crippen MR) is 67.7 cm³/mol. The van der Waals surface area contributed by atoms with Crippen molar-refractivity contribution in [3.05, 3.63) is 0 Å². The molecule has 4 nitrogen and oxygen atoms in total. The lowest BCUT2D eigenvalue weighted by Crippen LogP contribution is -2.44. The Balaban J connectivity index is 3.91. The fourth-order valence-corrected chi connectivity index (χ4v) is 1.67. The van der Waals surface area contributed by atoms with Gasteiger partial charge in [0.2, 0.25) is 0 Å². The normalized spacial score (nSPS) is 15.8. The lowest BCUT2D eigenvalue weighted by Gasteiger charge is -2.29. The third-order valence-electron chi connectivity index (χ3n) is 2.64. The lowest BCUT2D eigenvalue weighted by molar-refractivity contribution is 0.0577. The van der Waals surface area contributed by atoms with E-state index >= 15 is 0 Å². The minimum Gasteiger partial charge on any atom is -0.390 e. The number of aliphatic hydroxyl groups is 1. The average molecular weight is 232 g/mol. The van der Waals surface area contributed by atoms with Crippen LogP contribution in [0.1, 0.15) is 27.7 Å². The van der Waals surface area contributed by atoms with E-state index in [1.54, 1.807) is 7.11 Å². The van der Waals surface area contributed by atoms with E-state index in [2.05, 4.69) is 37.9 Å². The first-order valence-electron chi connectivity index (χ1n) is 6.15. The van der Waals surface area contributed by atoms with E-state index in [1.807, 2.05) is 0 Å².